The van der Waals surface area contributed by atoms with E-state index >= 15 is 0 Å². The number of hydrogen-bond donors (Lipinski definition) is 1. The van der Waals surface area contributed by atoms with Crippen LogP contribution in [0.2, 0.25) is 0 Å². The second-order valence-electron chi connectivity index (χ2n) is 3.78. The zero-order valence-corrected chi connectivity index (χ0v) is 8.60. The van der Waals surface area contributed by atoms with E-state index in [1.54, 1.807) is 0 Å². The van der Waals surface area contributed by atoms with Crippen molar-refractivity contribution in [1.29, 1.82) is 0 Å². The van der Waals surface area contributed by atoms with E-state index in [1.165, 1.54) is 12.8 Å². The van der Waals surface area contributed by atoms with E-state index in [1.807, 2.05) is 0 Å². The lowest BCUT2D eigenvalue weighted by atomic mass is 9.88. The highest BCUT2D eigenvalue weighted by Gasteiger charge is 2.35. The maximum atomic E-state index is 5.77. The van der Waals surface area contributed by atoms with Gasteiger partial charge in [-0.25, -0.2) is 0 Å². The van der Waals surface area contributed by atoms with Crippen LogP contribution in [0.5, 0.6) is 0 Å². The molecule has 2 nitrogen and oxygen atoms in total. The van der Waals surface area contributed by atoms with Crippen LogP contribution >= 0.6 is 0 Å². The molecular formula is C11H19NO. The van der Waals surface area contributed by atoms with Gasteiger partial charge in [0.2, 0.25) is 0 Å². The van der Waals surface area contributed by atoms with Crippen molar-refractivity contribution in [2.75, 3.05) is 13.2 Å². The second kappa shape index (κ2) is 4.64. The van der Waals surface area contributed by atoms with E-state index in [0.29, 0.717) is 0 Å². The van der Waals surface area contributed by atoms with Gasteiger partial charge < -0.3 is 10.1 Å². The average Bonchev–Trinajstić information content (AvgIpc) is 2.15. The van der Waals surface area contributed by atoms with Crippen LogP contribution in [-0.4, -0.2) is 24.8 Å². The highest BCUT2D eigenvalue weighted by Crippen LogP contribution is 2.27. The van der Waals surface area contributed by atoms with E-state index < -0.39 is 0 Å². The molecule has 13 heavy (non-hydrogen) atoms. The Hall–Kier alpha value is -0.520. The molecule has 1 heterocycles. The van der Waals surface area contributed by atoms with Gasteiger partial charge in [0.25, 0.3) is 0 Å². The summed E-state index contributed by atoms with van der Waals surface area (Å²) < 4.78 is 5.77. The summed E-state index contributed by atoms with van der Waals surface area (Å²) >= 11 is 0. The van der Waals surface area contributed by atoms with Crippen LogP contribution in [0, 0.1) is 12.3 Å². The molecule has 1 rings (SSSR count). The first-order valence-corrected chi connectivity index (χ1v) is 5.06. The lowest BCUT2D eigenvalue weighted by molar-refractivity contribution is -0.0766. The van der Waals surface area contributed by atoms with Gasteiger partial charge in [0.15, 0.2) is 0 Å². The Morgan fingerprint density at radius 1 is 1.62 bits per heavy atom. The van der Waals surface area contributed by atoms with Crippen molar-refractivity contribution in [3.63, 3.8) is 0 Å². The summed E-state index contributed by atoms with van der Waals surface area (Å²) in [6.07, 6.45) is 8.93. The molecule has 74 valence electrons. The van der Waals surface area contributed by atoms with Crippen molar-refractivity contribution >= 4 is 0 Å². The molecule has 1 fully saturated rings. The summed E-state index contributed by atoms with van der Waals surface area (Å²) in [6, 6.07) is 0.0535. The van der Waals surface area contributed by atoms with Crippen molar-refractivity contribution < 1.29 is 4.74 Å². The van der Waals surface area contributed by atoms with Gasteiger partial charge in [-0.3, -0.25) is 0 Å². The van der Waals surface area contributed by atoms with Gasteiger partial charge in [-0.05, 0) is 32.7 Å². The van der Waals surface area contributed by atoms with Gasteiger partial charge in [0.05, 0.1) is 11.6 Å². The van der Waals surface area contributed by atoms with E-state index in [2.05, 4.69) is 25.1 Å². The third-order valence-corrected chi connectivity index (χ3v) is 2.68. The van der Waals surface area contributed by atoms with Crippen molar-refractivity contribution in [2.24, 2.45) is 0 Å². The molecule has 0 aliphatic carbocycles. The Morgan fingerprint density at radius 2 is 2.38 bits per heavy atom. The van der Waals surface area contributed by atoms with Gasteiger partial charge in [0, 0.05) is 6.61 Å². The minimum atomic E-state index is -0.150. The number of nitrogens with one attached hydrogen (secondary N) is 1. The van der Waals surface area contributed by atoms with Crippen LogP contribution in [0.4, 0.5) is 0 Å². The first-order valence-electron chi connectivity index (χ1n) is 5.06. The zero-order valence-electron chi connectivity index (χ0n) is 8.60. The van der Waals surface area contributed by atoms with Crippen LogP contribution in [-0.2, 0) is 4.74 Å². The molecule has 0 saturated carbocycles. The third kappa shape index (κ3) is 2.46. The molecule has 0 spiro atoms. The maximum absolute atomic E-state index is 5.77. The second-order valence-corrected chi connectivity index (χ2v) is 3.78. The Balaban J connectivity index is 2.59. The van der Waals surface area contributed by atoms with Gasteiger partial charge in [-0.2, -0.15) is 0 Å². The van der Waals surface area contributed by atoms with Crippen LogP contribution < -0.4 is 5.32 Å². The predicted octanol–water partition coefficient (Wildman–Crippen LogP) is 1.56. The van der Waals surface area contributed by atoms with Gasteiger partial charge in [-0.1, -0.05) is 12.8 Å². The molecule has 0 bridgehead atoms. The molecule has 1 aliphatic heterocycles. The standard InChI is InChI=1S/C11H19NO/c1-4-10(12-5-2)11(3)8-6-7-9-13-11/h1,10,12H,5-9H2,2-3H3. The molecule has 0 aromatic heterocycles. The number of likely N-dealkylation sites (N-methyl/N-ethyl adjacent to an activating group) is 1. The molecule has 2 atom stereocenters. The molecule has 0 radical (unpaired) electrons. The summed E-state index contributed by atoms with van der Waals surface area (Å²) in [7, 11) is 0. The number of terminal acetylenes is 1. The van der Waals surface area contributed by atoms with Crippen LogP contribution in [0.1, 0.15) is 33.1 Å². The minimum Gasteiger partial charge on any atom is -0.373 e. The Morgan fingerprint density at radius 3 is 2.85 bits per heavy atom. The smallest absolute Gasteiger partial charge is 0.0978 e. The quantitative estimate of drug-likeness (QED) is 0.667. The van der Waals surface area contributed by atoms with Crippen molar-refractivity contribution in [2.45, 2.75) is 44.8 Å². The highest BCUT2D eigenvalue weighted by molar-refractivity contribution is 5.09. The molecule has 0 aromatic carbocycles. The monoisotopic (exact) mass is 181 g/mol. The number of hydrogen-bond acceptors (Lipinski definition) is 2. The molecule has 2 heteroatoms. The summed E-state index contributed by atoms with van der Waals surface area (Å²) in [5.41, 5.74) is -0.150. The average molecular weight is 181 g/mol. The fourth-order valence-electron chi connectivity index (χ4n) is 1.84. The van der Waals surface area contributed by atoms with E-state index in [9.17, 15) is 0 Å². The van der Waals surface area contributed by atoms with E-state index in [4.69, 9.17) is 11.2 Å². The molecular weight excluding hydrogens is 162 g/mol. The van der Waals surface area contributed by atoms with Crippen LogP contribution in [0.15, 0.2) is 0 Å². The number of rotatable bonds is 3. The first-order chi connectivity index (χ1) is 6.23. The largest absolute Gasteiger partial charge is 0.373 e. The first kappa shape index (κ1) is 10.6. The molecule has 1 N–H and O–H groups in total. The summed E-state index contributed by atoms with van der Waals surface area (Å²) in [6.45, 7) is 5.92. The Bertz CT molecular complexity index is 189. The minimum absolute atomic E-state index is 0.0535. The topological polar surface area (TPSA) is 21.3 Å². The molecule has 0 aromatic rings. The van der Waals surface area contributed by atoms with Crippen LogP contribution in [0.3, 0.4) is 0 Å². The van der Waals surface area contributed by atoms with E-state index in [-0.39, 0.29) is 11.6 Å². The Labute approximate surface area is 81.0 Å². The Kier molecular flexibility index (Phi) is 3.77. The fourth-order valence-corrected chi connectivity index (χ4v) is 1.84. The summed E-state index contributed by atoms with van der Waals surface area (Å²) in [5.74, 6) is 2.78. The van der Waals surface area contributed by atoms with Crippen LogP contribution in [0.25, 0.3) is 0 Å². The summed E-state index contributed by atoms with van der Waals surface area (Å²) in [4.78, 5) is 0. The zero-order chi connectivity index (χ0) is 9.73. The predicted molar refractivity (Wildman–Crippen MR) is 54.5 cm³/mol. The maximum Gasteiger partial charge on any atom is 0.0978 e. The molecule has 1 aliphatic rings. The highest BCUT2D eigenvalue weighted by atomic mass is 16.5. The SMILES string of the molecule is C#CC(NCC)C1(C)CCCCO1. The van der Waals surface area contributed by atoms with Crippen molar-refractivity contribution in [3.05, 3.63) is 0 Å². The molecule has 1 saturated heterocycles. The molecule has 2 unspecified atom stereocenters. The van der Waals surface area contributed by atoms with Gasteiger partial charge in [-0.15, -0.1) is 6.42 Å². The third-order valence-electron chi connectivity index (χ3n) is 2.68. The lowest BCUT2D eigenvalue weighted by Gasteiger charge is -2.38. The molecule has 0 amide bonds. The fraction of sp³-hybridized carbons (Fsp3) is 0.818. The van der Waals surface area contributed by atoms with Crippen molar-refractivity contribution in [3.8, 4) is 12.3 Å². The lowest BCUT2D eigenvalue weighted by Crippen LogP contribution is -2.51. The van der Waals surface area contributed by atoms with Gasteiger partial charge >= 0.3 is 0 Å². The van der Waals surface area contributed by atoms with E-state index in [0.717, 1.165) is 19.6 Å². The normalized spacial score (nSPS) is 30.8. The van der Waals surface area contributed by atoms with Crippen molar-refractivity contribution in [1.82, 2.24) is 5.32 Å². The van der Waals surface area contributed by atoms with Gasteiger partial charge in [0.1, 0.15) is 0 Å². The summed E-state index contributed by atoms with van der Waals surface area (Å²) in [5, 5.41) is 3.28. The number of ether oxygens (including phenoxy) is 1.